The summed E-state index contributed by atoms with van der Waals surface area (Å²) in [7, 11) is 0. The van der Waals surface area contributed by atoms with Crippen LogP contribution in [-0.4, -0.2) is 0 Å². The van der Waals surface area contributed by atoms with Crippen molar-refractivity contribution in [3.8, 4) is 0 Å². The molecule has 1 unspecified atom stereocenters. The lowest BCUT2D eigenvalue weighted by Gasteiger charge is -2.21. The van der Waals surface area contributed by atoms with Gasteiger partial charge in [-0.05, 0) is 41.9 Å². The summed E-state index contributed by atoms with van der Waals surface area (Å²) in [6.07, 6.45) is 3.23. The summed E-state index contributed by atoms with van der Waals surface area (Å²) in [4.78, 5) is 0. The van der Waals surface area contributed by atoms with Gasteiger partial charge in [0.15, 0.2) is 0 Å². The molecule has 0 nitrogen and oxygen atoms in total. The van der Waals surface area contributed by atoms with Crippen LogP contribution in [0.4, 0.5) is 0 Å². The van der Waals surface area contributed by atoms with Gasteiger partial charge in [0.1, 0.15) is 0 Å². The Bertz CT molecular complexity index is 748. The van der Waals surface area contributed by atoms with Gasteiger partial charge in [0.25, 0.3) is 0 Å². The van der Waals surface area contributed by atoms with Gasteiger partial charge in [-0.2, -0.15) is 0 Å². The maximum absolute atomic E-state index is 4.41. The predicted octanol–water partition coefficient (Wildman–Crippen LogP) is 7.03. The quantitative estimate of drug-likeness (QED) is 0.386. The van der Waals surface area contributed by atoms with E-state index in [1.54, 1.807) is 0 Å². The van der Waals surface area contributed by atoms with E-state index in [2.05, 4.69) is 104 Å². The van der Waals surface area contributed by atoms with Gasteiger partial charge in [-0.15, -0.1) is 0 Å². The van der Waals surface area contributed by atoms with E-state index in [1.807, 2.05) is 0 Å². The summed E-state index contributed by atoms with van der Waals surface area (Å²) in [5.74, 6) is 0.933. The maximum Gasteiger partial charge on any atom is 0.00923 e. The first-order chi connectivity index (χ1) is 12.7. The van der Waals surface area contributed by atoms with Crippen LogP contribution in [-0.2, 0) is 6.42 Å². The van der Waals surface area contributed by atoms with Crippen LogP contribution in [0.1, 0.15) is 42.4 Å². The average molecular weight is 341 g/mol. The third-order valence-corrected chi connectivity index (χ3v) is 5.24. The van der Waals surface area contributed by atoms with Crippen LogP contribution in [0.5, 0.6) is 0 Å². The second kappa shape index (κ2) is 9.20. The molecule has 0 fully saturated rings. The molecule has 0 aliphatic rings. The Balaban J connectivity index is 1.67. The summed E-state index contributed by atoms with van der Waals surface area (Å²) in [5, 5.41) is 0. The maximum atomic E-state index is 4.41. The molecular weight excluding hydrogens is 312 g/mol. The van der Waals surface area contributed by atoms with Crippen molar-refractivity contribution in [3.63, 3.8) is 0 Å². The van der Waals surface area contributed by atoms with E-state index in [-0.39, 0.29) is 0 Å². The molecule has 0 N–H and O–H groups in total. The van der Waals surface area contributed by atoms with Gasteiger partial charge in [-0.25, -0.2) is 0 Å². The van der Waals surface area contributed by atoms with E-state index in [4.69, 9.17) is 0 Å². The molecule has 0 aromatic heterocycles. The summed E-state index contributed by atoms with van der Waals surface area (Å²) in [6, 6.07) is 32.4. The molecule has 0 aliphatic heterocycles. The van der Waals surface area contributed by atoms with Crippen LogP contribution in [0, 0.1) is 5.92 Å². The Morgan fingerprint density at radius 2 is 1.19 bits per heavy atom. The zero-order chi connectivity index (χ0) is 18.2. The fraction of sp³-hybridized carbons (Fsp3) is 0.231. The number of benzene rings is 3. The van der Waals surface area contributed by atoms with Crippen molar-refractivity contribution in [1.29, 1.82) is 0 Å². The van der Waals surface area contributed by atoms with E-state index < -0.39 is 0 Å². The van der Waals surface area contributed by atoms with Gasteiger partial charge in [-0.3, -0.25) is 0 Å². The molecule has 132 valence electrons. The van der Waals surface area contributed by atoms with Crippen LogP contribution in [0.2, 0.25) is 0 Å². The topological polar surface area (TPSA) is 0 Å². The molecular formula is C26H28. The predicted molar refractivity (Wildman–Crippen MR) is 112 cm³/mol. The second-order valence-electron chi connectivity index (χ2n) is 7.16. The van der Waals surface area contributed by atoms with Crippen LogP contribution >= 0.6 is 0 Å². The van der Waals surface area contributed by atoms with E-state index in [0.717, 1.165) is 19.3 Å². The lowest BCUT2D eigenvalue weighted by molar-refractivity contribution is 0.608. The van der Waals surface area contributed by atoms with E-state index in [0.29, 0.717) is 11.8 Å². The van der Waals surface area contributed by atoms with Gasteiger partial charge in [0, 0.05) is 5.92 Å². The van der Waals surface area contributed by atoms with Gasteiger partial charge >= 0.3 is 0 Å². The highest BCUT2D eigenvalue weighted by molar-refractivity contribution is 5.32. The van der Waals surface area contributed by atoms with Crippen LogP contribution in [0.3, 0.4) is 0 Å². The van der Waals surface area contributed by atoms with Gasteiger partial charge < -0.3 is 0 Å². The van der Waals surface area contributed by atoms with Gasteiger partial charge in [0.2, 0.25) is 0 Å². The Morgan fingerprint density at radius 1 is 0.731 bits per heavy atom. The molecule has 3 rings (SSSR count). The fourth-order valence-corrected chi connectivity index (χ4v) is 3.58. The van der Waals surface area contributed by atoms with Crippen LogP contribution in [0.25, 0.3) is 0 Å². The zero-order valence-electron chi connectivity index (χ0n) is 15.6. The number of rotatable bonds is 8. The van der Waals surface area contributed by atoms with Crippen molar-refractivity contribution in [2.45, 2.75) is 32.1 Å². The number of allylic oxidation sites excluding steroid dienone is 1. The first-order valence-corrected chi connectivity index (χ1v) is 9.55. The monoisotopic (exact) mass is 340 g/mol. The minimum absolute atomic E-state index is 0.429. The molecule has 0 amide bonds. The molecule has 0 saturated heterocycles. The molecule has 0 spiro atoms. The Hall–Kier alpha value is -2.60. The summed E-state index contributed by atoms with van der Waals surface area (Å²) in [5.41, 5.74) is 5.53. The van der Waals surface area contributed by atoms with E-state index in [9.17, 15) is 0 Å². The van der Waals surface area contributed by atoms with Gasteiger partial charge in [0.05, 0.1) is 0 Å². The van der Waals surface area contributed by atoms with Crippen LogP contribution in [0.15, 0.2) is 103 Å². The third-order valence-electron chi connectivity index (χ3n) is 5.24. The van der Waals surface area contributed by atoms with Crippen molar-refractivity contribution in [2.24, 2.45) is 5.92 Å². The molecule has 0 heterocycles. The number of hydrogen-bond donors (Lipinski definition) is 0. The third kappa shape index (κ3) is 4.95. The summed E-state index contributed by atoms with van der Waals surface area (Å²) >= 11 is 0. The average Bonchev–Trinajstić information content (AvgIpc) is 2.70. The Labute approximate surface area is 158 Å². The molecule has 0 aliphatic carbocycles. The molecule has 0 bridgehead atoms. The molecule has 1 atom stereocenters. The molecule has 0 heteroatoms. The largest absolute Gasteiger partial charge is 0.0996 e. The lowest BCUT2D eigenvalue weighted by atomic mass is 9.84. The van der Waals surface area contributed by atoms with Crippen molar-refractivity contribution in [3.05, 3.63) is 120 Å². The normalized spacial score (nSPS) is 12.1. The fourth-order valence-electron chi connectivity index (χ4n) is 3.58. The summed E-state index contributed by atoms with van der Waals surface area (Å²) < 4.78 is 0. The highest BCUT2D eigenvalue weighted by atomic mass is 14.2. The first-order valence-electron chi connectivity index (χ1n) is 9.55. The molecule has 3 aromatic rings. The molecule has 3 aromatic carbocycles. The van der Waals surface area contributed by atoms with Crippen molar-refractivity contribution in [2.75, 3.05) is 0 Å². The minimum atomic E-state index is 0.429. The smallest absolute Gasteiger partial charge is 0.00923 e. The van der Waals surface area contributed by atoms with Crippen molar-refractivity contribution >= 4 is 0 Å². The minimum Gasteiger partial charge on any atom is -0.0996 e. The zero-order valence-corrected chi connectivity index (χ0v) is 15.6. The highest BCUT2D eigenvalue weighted by Crippen LogP contribution is 2.32. The first kappa shape index (κ1) is 18.2. The SMILES string of the molecule is C=C(CCC(c1ccccc1)c1ccccc1)C(C)Cc1ccccc1. The number of hydrogen-bond acceptors (Lipinski definition) is 0. The standard InChI is InChI=1S/C26H28/c1-21(22(2)20-23-12-6-3-7-13-23)18-19-26(24-14-8-4-9-15-24)25-16-10-5-11-17-25/h3-17,22,26H,1,18-20H2,2H3. The Kier molecular flexibility index (Phi) is 6.44. The lowest BCUT2D eigenvalue weighted by Crippen LogP contribution is -2.06. The molecule has 0 radical (unpaired) electrons. The molecule has 26 heavy (non-hydrogen) atoms. The van der Waals surface area contributed by atoms with Crippen molar-refractivity contribution in [1.82, 2.24) is 0 Å². The van der Waals surface area contributed by atoms with E-state index >= 15 is 0 Å². The van der Waals surface area contributed by atoms with E-state index in [1.165, 1.54) is 22.3 Å². The Morgan fingerprint density at radius 3 is 1.69 bits per heavy atom. The van der Waals surface area contributed by atoms with Crippen molar-refractivity contribution < 1.29 is 0 Å². The highest BCUT2D eigenvalue weighted by Gasteiger charge is 2.16. The summed E-state index contributed by atoms with van der Waals surface area (Å²) in [6.45, 7) is 6.71. The second-order valence-corrected chi connectivity index (χ2v) is 7.16. The van der Waals surface area contributed by atoms with Gasteiger partial charge in [-0.1, -0.05) is 110 Å². The molecule has 0 saturated carbocycles. The van der Waals surface area contributed by atoms with Crippen LogP contribution < -0.4 is 0 Å².